The van der Waals surface area contributed by atoms with Crippen LogP contribution in [0, 0.1) is 5.92 Å². The molecule has 2 aliphatic heterocycles. The number of carboxylic acid groups (broad SMARTS) is 1. The van der Waals surface area contributed by atoms with Crippen molar-refractivity contribution in [2.45, 2.75) is 108 Å². The Morgan fingerprint density at radius 1 is 0.981 bits per heavy atom. The number of rotatable bonds is 5. The Balaban J connectivity index is 1.21. The molecule has 14 heteroatoms. The second-order valence-electron chi connectivity index (χ2n) is 15.5. The number of para-hydroxylation sites is 1. The fourth-order valence-electron chi connectivity index (χ4n) is 7.70. The van der Waals surface area contributed by atoms with Gasteiger partial charge in [0, 0.05) is 29.5 Å². The molecule has 53 heavy (non-hydrogen) atoms. The van der Waals surface area contributed by atoms with Gasteiger partial charge in [0.1, 0.15) is 23.2 Å². The van der Waals surface area contributed by atoms with Gasteiger partial charge in [-0.15, -0.1) is 10.2 Å². The Labute approximate surface area is 307 Å². The van der Waals surface area contributed by atoms with E-state index in [4.69, 9.17) is 14.8 Å². The highest BCUT2D eigenvalue weighted by molar-refractivity contribution is 5.96. The number of amides is 3. The number of benzene rings is 2. The number of tetrazole rings is 1. The molecule has 2 aromatic carbocycles. The number of nitrogens with one attached hydrogen (secondary N) is 2. The van der Waals surface area contributed by atoms with E-state index in [-0.39, 0.29) is 18.9 Å². The Morgan fingerprint density at radius 3 is 2.45 bits per heavy atom. The maximum Gasteiger partial charge on any atom is 0.408 e. The van der Waals surface area contributed by atoms with Crippen molar-refractivity contribution in [3.63, 3.8) is 0 Å². The monoisotopic (exact) mass is 722 g/mol. The summed E-state index contributed by atoms with van der Waals surface area (Å²) < 4.78 is 5.51. The van der Waals surface area contributed by atoms with E-state index in [9.17, 15) is 24.3 Å². The minimum Gasteiger partial charge on any atom is -0.479 e. The second kappa shape index (κ2) is 14.6. The number of ether oxygens (including phenoxy) is 1. The molecule has 0 bridgehead atoms. The van der Waals surface area contributed by atoms with E-state index in [2.05, 4.69) is 20.9 Å². The van der Waals surface area contributed by atoms with Crippen molar-refractivity contribution in [1.82, 2.24) is 40.7 Å². The predicted molar refractivity (Wildman–Crippen MR) is 195 cm³/mol. The third-order valence-electron chi connectivity index (χ3n) is 10.5. The van der Waals surface area contributed by atoms with E-state index in [0.29, 0.717) is 31.5 Å². The number of hydrogen-bond donors (Lipinski definition) is 3. The predicted octanol–water partition coefficient (Wildman–Crippen LogP) is 5.29. The molecule has 3 aliphatic rings. The molecule has 2 saturated heterocycles. The molecule has 1 aliphatic carbocycles. The number of pyridine rings is 1. The van der Waals surface area contributed by atoms with Gasteiger partial charge in [0.2, 0.25) is 17.6 Å². The van der Waals surface area contributed by atoms with Crippen molar-refractivity contribution in [3.05, 3.63) is 60.7 Å². The smallest absolute Gasteiger partial charge is 0.408 e. The average Bonchev–Trinajstić information content (AvgIpc) is 3.42. The Kier molecular flexibility index (Phi) is 9.88. The van der Waals surface area contributed by atoms with Crippen LogP contribution in [0.3, 0.4) is 0 Å². The molecule has 5 atom stereocenters. The molecule has 14 nitrogen and oxygen atoms in total. The molecule has 3 N–H and O–H groups in total. The van der Waals surface area contributed by atoms with Crippen molar-refractivity contribution >= 4 is 34.8 Å². The molecule has 3 amide bonds. The van der Waals surface area contributed by atoms with Crippen LogP contribution in [-0.4, -0.2) is 88.8 Å². The Hall–Kier alpha value is -5.40. The van der Waals surface area contributed by atoms with Gasteiger partial charge in [0.05, 0.1) is 17.3 Å². The van der Waals surface area contributed by atoms with Gasteiger partial charge in [-0.2, -0.15) is 4.80 Å². The standard InChI is InChI=1S/C39H46N8O6/c1-38(2,3)53-37(52)41-30-19-11-6-4-5-10-16-25-22-39(25,36(50)51)42-34(48)32-20-26(23-46(32)35(30)49)47-44-33(43-45-47)28-21-31(24-14-8-7-9-15-24)40-29-18-13-12-17-27(28)29/h7-9,12-15,17-18,21,25-26,30,32H,4-6,10-11,16,19-20,22-23H2,1-3H3,(H,41,52)(H,42,48)(H,50,51)/t25-,26+,30+,32+,39+/m1/s1. The van der Waals surface area contributed by atoms with Crippen LogP contribution < -0.4 is 10.6 Å². The summed E-state index contributed by atoms with van der Waals surface area (Å²) in [5.41, 5.74) is 1.03. The number of carboxylic acids is 1. The minimum absolute atomic E-state index is 0.0507. The minimum atomic E-state index is -1.37. The van der Waals surface area contributed by atoms with Crippen LogP contribution in [0.1, 0.15) is 84.6 Å². The van der Waals surface area contributed by atoms with Crippen LogP contribution in [0.15, 0.2) is 60.7 Å². The summed E-state index contributed by atoms with van der Waals surface area (Å²) >= 11 is 0. The number of hydrogen-bond acceptors (Lipinski definition) is 9. The van der Waals surface area contributed by atoms with Crippen LogP contribution in [0.25, 0.3) is 33.5 Å². The number of carbonyl (C=O) groups excluding carboxylic acids is 3. The lowest BCUT2D eigenvalue weighted by molar-refractivity contribution is -0.146. The lowest BCUT2D eigenvalue weighted by Crippen LogP contribution is -2.56. The lowest BCUT2D eigenvalue weighted by atomic mass is 10.0. The third-order valence-corrected chi connectivity index (χ3v) is 10.5. The summed E-state index contributed by atoms with van der Waals surface area (Å²) in [5.74, 6) is -1.88. The fraction of sp³-hybridized carbons (Fsp3) is 0.487. The van der Waals surface area contributed by atoms with Crippen LogP contribution in [-0.2, 0) is 19.1 Å². The highest BCUT2D eigenvalue weighted by Gasteiger charge is 2.62. The SMILES string of the molecule is CC(C)(C)OC(=O)N[C@H]1CCCCCCC[C@@H]2C[C@]2(C(=O)O)NC(=O)[C@@H]2C[C@H](n3nnc(-c4cc(-c5ccccc5)nc5ccccc45)n3)CN2C1=O. The first-order chi connectivity index (χ1) is 25.4. The summed E-state index contributed by atoms with van der Waals surface area (Å²) in [6, 6.07) is 16.9. The number of nitrogens with zero attached hydrogens (tertiary/aromatic N) is 6. The molecule has 2 aromatic heterocycles. The van der Waals surface area contributed by atoms with Gasteiger partial charge in [0.15, 0.2) is 0 Å². The number of aliphatic carboxylic acids is 1. The van der Waals surface area contributed by atoms with Crippen LogP contribution in [0.5, 0.6) is 0 Å². The second-order valence-corrected chi connectivity index (χ2v) is 15.5. The average molecular weight is 723 g/mol. The van der Waals surface area contributed by atoms with Gasteiger partial charge in [-0.3, -0.25) is 9.59 Å². The molecule has 7 rings (SSSR count). The highest BCUT2D eigenvalue weighted by Crippen LogP contribution is 2.47. The van der Waals surface area contributed by atoms with E-state index in [1.807, 2.05) is 60.7 Å². The number of aromatic nitrogens is 5. The zero-order chi connectivity index (χ0) is 37.3. The van der Waals surface area contributed by atoms with Gasteiger partial charge in [0.25, 0.3) is 0 Å². The first-order valence-corrected chi connectivity index (χ1v) is 18.5. The number of alkyl carbamates (subject to hydrolysis) is 1. The zero-order valence-corrected chi connectivity index (χ0v) is 30.3. The van der Waals surface area contributed by atoms with Gasteiger partial charge in [-0.05, 0) is 63.3 Å². The van der Waals surface area contributed by atoms with Gasteiger partial charge >= 0.3 is 12.1 Å². The topological polar surface area (TPSA) is 182 Å². The molecular formula is C39H46N8O6. The maximum atomic E-state index is 14.4. The molecule has 0 radical (unpaired) electrons. The first-order valence-electron chi connectivity index (χ1n) is 18.5. The largest absolute Gasteiger partial charge is 0.479 e. The van der Waals surface area contributed by atoms with Crippen LogP contribution in [0.4, 0.5) is 4.79 Å². The molecule has 4 heterocycles. The Bertz CT molecular complexity index is 2010. The summed E-state index contributed by atoms with van der Waals surface area (Å²) in [6.45, 7) is 5.29. The van der Waals surface area contributed by atoms with Crippen LogP contribution >= 0.6 is 0 Å². The number of carbonyl (C=O) groups is 4. The van der Waals surface area contributed by atoms with Crippen molar-refractivity contribution in [2.24, 2.45) is 5.92 Å². The maximum absolute atomic E-state index is 14.4. The van der Waals surface area contributed by atoms with Gasteiger partial charge in [-0.1, -0.05) is 80.6 Å². The summed E-state index contributed by atoms with van der Waals surface area (Å²) in [5, 5.41) is 30.3. The summed E-state index contributed by atoms with van der Waals surface area (Å²) in [4.78, 5) is 61.8. The molecule has 4 aromatic rings. The molecule has 3 fully saturated rings. The molecular weight excluding hydrogens is 676 g/mol. The normalized spacial score (nSPS) is 25.4. The highest BCUT2D eigenvalue weighted by atomic mass is 16.6. The summed E-state index contributed by atoms with van der Waals surface area (Å²) in [7, 11) is 0. The van der Waals surface area contributed by atoms with E-state index < -0.39 is 53.1 Å². The van der Waals surface area contributed by atoms with Crippen molar-refractivity contribution in [3.8, 4) is 22.6 Å². The molecule has 278 valence electrons. The van der Waals surface area contributed by atoms with Crippen molar-refractivity contribution in [1.29, 1.82) is 0 Å². The fourth-order valence-corrected chi connectivity index (χ4v) is 7.70. The van der Waals surface area contributed by atoms with E-state index in [0.717, 1.165) is 53.4 Å². The number of fused-ring (bicyclic) bond motifs is 3. The van der Waals surface area contributed by atoms with Gasteiger partial charge < -0.3 is 25.4 Å². The summed E-state index contributed by atoms with van der Waals surface area (Å²) in [6.07, 6.45) is 5.03. The van der Waals surface area contributed by atoms with Crippen molar-refractivity contribution in [2.75, 3.05) is 6.54 Å². The van der Waals surface area contributed by atoms with E-state index in [1.165, 1.54) is 9.70 Å². The van der Waals surface area contributed by atoms with Crippen molar-refractivity contribution < 1.29 is 29.0 Å². The van der Waals surface area contributed by atoms with Gasteiger partial charge in [-0.25, -0.2) is 14.6 Å². The lowest BCUT2D eigenvalue weighted by Gasteiger charge is -2.30. The van der Waals surface area contributed by atoms with Crippen LogP contribution in [0.2, 0.25) is 0 Å². The molecule has 0 spiro atoms. The van der Waals surface area contributed by atoms with E-state index in [1.54, 1.807) is 20.8 Å². The third kappa shape index (κ3) is 7.72. The zero-order valence-electron chi connectivity index (χ0n) is 30.3. The molecule has 1 saturated carbocycles. The quantitative estimate of drug-likeness (QED) is 0.245. The first kappa shape index (κ1) is 36.0. The molecule has 0 unspecified atom stereocenters. The van der Waals surface area contributed by atoms with E-state index >= 15 is 0 Å². The Morgan fingerprint density at radius 2 is 1.70 bits per heavy atom.